The first-order valence-electron chi connectivity index (χ1n) is 10.7. The minimum Gasteiger partial charge on any atom is -0.355 e. The second-order valence-electron chi connectivity index (χ2n) is 8.09. The molecule has 1 aromatic heterocycles. The predicted octanol–water partition coefficient (Wildman–Crippen LogP) is 3.78. The zero-order chi connectivity index (χ0) is 20.9. The first kappa shape index (κ1) is 20.8. The van der Waals surface area contributed by atoms with Crippen molar-refractivity contribution in [3.8, 4) is 0 Å². The third-order valence-electron chi connectivity index (χ3n) is 5.69. The second kappa shape index (κ2) is 9.58. The van der Waals surface area contributed by atoms with E-state index in [-0.39, 0.29) is 5.91 Å². The van der Waals surface area contributed by atoms with Gasteiger partial charge in [-0.15, -0.1) is 0 Å². The van der Waals surface area contributed by atoms with Crippen LogP contribution in [0.4, 0.5) is 5.13 Å². The SMILES string of the molecule is Cc1cc(C)c2sc(N3CCN(CCNC(=O)CCc4ccccc4)CC3)nc2c1. The molecule has 3 aromatic rings. The van der Waals surface area contributed by atoms with Gasteiger partial charge in [0.1, 0.15) is 0 Å². The number of rotatable bonds is 7. The first-order valence-corrected chi connectivity index (χ1v) is 11.6. The van der Waals surface area contributed by atoms with Crippen LogP contribution in [0.2, 0.25) is 0 Å². The minimum absolute atomic E-state index is 0.137. The van der Waals surface area contributed by atoms with Crippen LogP contribution < -0.4 is 10.2 Å². The number of piperazine rings is 1. The normalized spacial score (nSPS) is 14.9. The summed E-state index contributed by atoms with van der Waals surface area (Å²) in [7, 11) is 0. The van der Waals surface area contributed by atoms with Crippen molar-refractivity contribution in [3.05, 3.63) is 59.2 Å². The molecule has 5 nitrogen and oxygen atoms in total. The Morgan fingerprint density at radius 2 is 1.87 bits per heavy atom. The fraction of sp³-hybridized carbons (Fsp3) is 0.417. The summed E-state index contributed by atoms with van der Waals surface area (Å²) in [5, 5.41) is 4.20. The highest BCUT2D eigenvalue weighted by molar-refractivity contribution is 7.22. The fourth-order valence-corrected chi connectivity index (χ4v) is 5.07. The van der Waals surface area contributed by atoms with Gasteiger partial charge in [0.15, 0.2) is 5.13 Å². The van der Waals surface area contributed by atoms with Crippen LogP contribution in [0.1, 0.15) is 23.1 Å². The molecule has 158 valence electrons. The molecular weight excluding hydrogens is 392 g/mol. The Balaban J connectivity index is 1.19. The number of hydrogen-bond donors (Lipinski definition) is 1. The number of thiazole rings is 1. The van der Waals surface area contributed by atoms with Gasteiger partial charge in [-0.1, -0.05) is 47.7 Å². The lowest BCUT2D eigenvalue weighted by molar-refractivity contribution is -0.121. The van der Waals surface area contributed by atoms with Gasteiger partial charge in [-0.3, -0.25) is 9.69 Å². The maximum atomic E-state index is 12.1. The highest BCUT2D eigenvalue weighted by Crippen LogP contribution is 2.32. The van der Waals surface area contributed by atoms with E-state index >= 15 is 0 Å². The third kappa shape index (κ3) is 5.18. The van der Waals surface area contributed by atoms with E-state index in [0.717, 1.165) is 49.8 Å². The molecule has 1 aliphatic rings. The zero-order valence-electron chi connectivity index (χ0n) is 17.9. The standard InChI is InChI=1S/C24H30N4OS/c1-18-16-19(2)23-21(17-18)26-24(30-23)28-14-12-27(13-15-28)11-10-25-22(29)9-8-20-6-4-3-5-7-20/h3-7,16-17H,8-15H2,1-2H3,(H,25,29). The molecule has 4 rings (SSSR count). The lowest BCUT2D eigenvalue weighted by Crippen LogP contribution is -2.48. The third-order valence-corrected chi connectivity index (χ3v) is 6.95. The summed E-state index contributed by atoms with van der Waals surface area (Å²) in [5.74, 6) is 0.137. The Kier molecular flexibility index (Phi) is 6.65. The quantitative estimate of drug-likeness (QED) is 0.629. The molecule has 1 fully saturated rings. The molecule has 0 saturated carbocycles. The van der Waals surface area contributed by atoms with Gasteiger partial charge in [0.2, 0.25) is 5.91 Å². The number of aryl methyl sites for hydroxylation is 3. The van der Waals surface area contributed by atoms with E-state index in [4.69, 9.17) is 4.98 Å². The maximum absolute atomic E-state index is 12.1. The summed E-state index contributed by atoms with van der Waals surface area (Å²) in [5.41, 5.74) is 4.92. The number of anilines is 1. The Morgan fingerprint density at radius 1 is 1.10 bits per heavy atom. The number of benzene rings is 2. The number of nitrogens with zero attached hydrogens (tertiary/aromatic N) is 3. The van der Waals surface area contributed by atoms with Gasteiger partial charge in [-0.25, -0.2) is 4.98 Å². The number of fused-ring (bicyclic) bond motifs is 1. The van der Waals surface area contributed by atoms with Crippen molar-refractivity contribution < 1.29 is 4.79 Å². The summed E-state index contributed by atoms with van der Waals surface area (Å²) in [6, 6.07) is 14.6. The predicted molar refractivity (Wildman–Crippen MR) is 126 cm³/mol. The summed E-state index contributed by atoms with van der Waals surface area (Å²) in [6.07, 6.45) is 1.35. The van der Waals surface area contributed by atoms with Gasteiger partial charge in [0, 0.05) is 45.7 Å². The average molecular weight is 423 g/mol. The van der Waals surface area contributed by atoms with E-state index in [1.54, 1.807) is 11.3 Å². The topological polar surface area (TPSA) is 48.5 Å². The number of nitrogens with one attached hydrogen (secondary N) is 1. The summed E-state index contributed by atoms with van der Waals surface area (Å²) in [6.45, 7) is 9.91. The molecule has 6 heteroatoms. The minimum atomic E-state index is 0.137. The lowest BCUT2D eigenvalue weighted by Gasteiger charge is -2.34. The smallest absolute Gasteiger partial charge is 0.220 e. The van der Waals surface area contributed by atoms with Gasteiger partial charge in [0.25, 0.3) is 0 Å². The van der Waals surface area contributed by atoms with Gasteiger partial charge >= 0.3 is 0 Å². The molecule has 1 saturated heterocycles. The van der Waals surface area contributed by atoms with E-state index in [1.807, 2.05) is 18.2 Å². The largest absolute Gasteiger partial charge is 0.355 e. The Morgan fingerprint density at radius 3 is 2.63 bits per heavy atom. The van der Waals surface area contributed by atoms with Crippen molar-refractivity contribution in [1.29, 1.82) is 0 Å². The molecule has 30 heavy (non-hydrogen) atoms. The average Bonchev–Trinajstić information content (AvgIpc) is 3.18. The molecular formula is C24H30N4OS. The number of hydrogen-bond acceptors (Lipinski definition) is 5. The molecule has 2 aromatic carbocycles. The highest BCUT2D eigenvalue weighted by Gasteiger charge is 2.20. The summed E-state index contributed by atoms with van der Waals surface area (Å²) < 4.78 is 1.30. The van der Waals surface area contributed by atoms with Crippen LogP contribution in [-0.2, 0) is 11.2 Å². The molecule has 2 heterocycles. The fourth-order valence-electron chi connectivity index (χ4n) is 4.01. The zero-order valence-corrected chi connectivity index (χ0v) is 18.7. The van der Waals surface area contributed by atoms with Crippen LogP contribution >= 0.6 is 11.3 Å². The number of carbonyl (C=O) groups is 1. The van der Waals surface area contributed by atoms with E-state index in [1.165, 1.54) is 21.4 Å². The summed E-state index contributed by atoms with van der Waals surface area (Å²) in [4.78, 5) is 21.8. The molecule has 0 bridgehead atoms. The van der Waals surface area contributed by atoms with E-state index < -0.39 is 0 Å². The van der Waals surface area contributed by atoms with Crippen LogP contribution in [0.25, 0.3) is 10.2 Å². The number of carbonyl (C=O) groups excluding carboxylic acids is 1. The van der Waals surface area contributed by atoms with Crippen molar-refractivity contribution in [2.75, 3.05) is 44.2 Å². The van der Waals surface area contributed by atoms with Crippen LogP contribution in [-0.4, -0.2) is 55.1 Å². The molecule has 0 unspecified atom stereocenters. The highest BCUT2D eigenvalue weighted by atomic mass is 32.1. The van der Waals surface area contributed by atoms with Crippen LogP contribution in [0.3, 0.4) is 0 Å². The van der Waals surface area contributed by atoms with Crippen LogP contribution in [0.15, 0.2) is 42.5 Å². The monoisotopic (exact) mass is 422 g/mol. The maximum Gasteiger partial charge on any atom is 0.220 e. The molecule has 0 aliphatic carbocycles. The van der Waals surface area contributed by atoms with Crippen molar-refractivity contribution in [1.82, 2.24) is 15.2 Å². The van der Waals surface area contributed by atoms with Crippen LogP contribution in [0, 0.1) is 13.8 Å². The molecule has 1 N–H and O–H groups in total. The molecule has 0 spiro atoms. The van der Waals surface area contributed by atoms with E-state index in [0.29, 0.717) is 13.0 Å². The lowest BCUT2D eigenvalue weighted by atomic mass is 10.1. The van der Waals surface area contributed by atoms with Gasteiger partial charge in [-0.05, 0) is 43.0 Å². The van der Waals surface area contributed by atoms with Gasteiger partial charge in [-0.2, -0.15) is 0 Å². The Labute approximate surface area is 182 Å². The summed E-state index contributed by atoms with van der Waals surface area (Å²) >= 11 is 1.81. The van der Waals surface area contributed by atoms with E-state index in [9.17, 15) is 4.79 Å². The molecule has 1 amide bonds. The Bertz CT molecular complexity index is 993. The van der Waals surface area contributed by atoms with Crippen LogP contribution in [0.5, 0.6) is 0 Å². The second-order valence-corrected chi connectivity index (χ2v) is 9.07. The number of aromatic nitrogens is 1. The van der Waals surface area contributed by atoms with Gasteiger partial charge in [0.05, 0.1) is 10.2 Å². The number of amides is 1. The molecule has 0 radical (unpaired) electrons. The molecule has 0 atom stereocenters. The van der Waals surface area contributed by atoms with Crippen molar-refractivity contribution in [2.45, 2.75) is 26.7 Å². The van der Waals surface area contributed by atoms with E-state index in [2.05, 4.69) is 53.2 Å². The molecule has 1 aliphatic heterocycles. The first-order chi connectivity index (χ1) is 14.6. The van der Waals surface area contributed by atoms with Crippen molar-refractivity contribution in [2.24, 2.45) is 0 Å². The Hall–Kier alpha value is -2.44. The van der Waals surface area contributed by atoms with Gasteiger partial charge < -0.3 is 10.2 Å². The van der Waals surface area contributed by atoms with Crippen molar-refractivity contribution in [3.63, 3.8) is 0 Å². The van der Waals surface area contributed by atoms with Crippen molar-refractivity contribution >= 4 is 32.6 Å².